The highest BCUT2D eigenvalue weighted by atomic mass is 16.5. The van der Waals surface area contributed by atoms with Crippen LogP contribution in [0, 0.1) is 13.8 Å². The highest BCUT2D eigenvalue weighted by molar-refractivity contribution is 5.91. The Bertz CT molecular complexity index is 617. The Kier molecular flexibility index (Phi) is 3.55. The molecule has 1 aromatic carbocycles. The van der Waals surface area contributed by atoms with E-state index in [2.05, 4.69) is 5.10 Å². The molecule has 1 aromatic heterocycles. The van der Waals surface area contributed by atoms with Gasteiger partial charge in [-0.2, -0.15) is 5.10 Å². The zero-order chi connectivity index (χ0) is 14.0. The molecular formula is C14H16N2O3. The summed E-state index contributed by atoms with van der Waals surface area (Å²) in [5.74, 6) is -0.614. The number of hydrogen-bond acceptors (Lipinski definition) is 3. The molecule has 0 saturated heterocycles. The molecule has 100 valence electrons. The van der Waals surface area contributed by atoms with Crippen molar-refractivity contribution in [2.75, 3.05) is 0 Å². The van der Waals surface area contributed by atoms with Crippen molar-refractivity contribution in [3.8, 4) is 5.75 Å². The molecule has 0 aliphatic carbocycles. The van der Waals surface area contributed by atoms with Gasteiger partial charge < -0.3 is 9.84 Å². The number of aromatic nitrogens is 2. The summed E-state index contributed by atoms with van der Waals surface area (Å²) in [6.07, 6.45) is 0. The lowest BCUT2D eigenvalue weighted by Crippen LogP contribution is -2.06. The Labute approximate surface area is 111 Å². The van der Waals surface area contributed by atoms with Crippen LogP contribution in [0.15, 0.2) is 24.3 Å². The molecule has 0 amide bonds. The highest BCUT2D eigenvalue weighted by Gasteiger charge is 2.12. The van der Waals surface area contributed by atoms with E-state index in [9.17, 15) is 4.79 Å². The molecule has 0 unspecified atom stereocenters. The largest absolute Gasteiger partial charge is 0.486 e. The van der Waals surface area contributed by atoms with Crippen LogP contribution in [0.1, 0.15) is 27.3 Å². The molecule has 0 bridgehead atoms. The monoisotopic (exact) mass is 260 g/mol. The number of hydrogen-bond donors (Lipinski definition) is 1. The first-order valence-corrected chi connectivity index (χ1v) is 5.93. The molecule has 0 aliphatic rings. The first-order chi connectivity index (χ1) is 8.97. The topological polar surface area (TPSA) is 64.4 Å². The molecule has 1 heterocycles. The molecule has 1 N–H and O–H groups in total. The van der Waals surface area contributed by atoms with Gasteiger partial charge in [0.1, 0.15) is 17.9 Å². The third-order valence-corrected chi connectivity index (χ3v) is 2.84. The van der Waals surface area contributed by atoms with Crippen molar-refractivity contribution in [3.63, 3.8) is 0 Å². The third kappa shape index (κ3) is 2.93. The lowest BCUT2D eigenvalue weighted by Gasteiger charge is -2.09. The fourth-order valence-corrected chi connectivity index (χ4v) is 1.89. The van der Waals surface area contributed by atoms with Gasteiger partial charge in [-0.25, -0.2) is 4.79 Å². The first-order valence-electron chi connectivity index (χ1n) is 5.93. The maximum absolute atomic E-state index is 11.2. The average Bonchev–Trinajstić information content (AvgIpc) is 2.66. The van der Waals surface area contributed by atoms with E-state index in [1.165, 1.54) is 0 Å². The van der Waals surface area contributed by atoms with E-state index in [1.54, 1.807) is 16.8 Å². The molecule has 0 atom stereocenters. The smallest absolute Gasteiger partial charge is 0.339 e. The molecule has 0 radical (unpaired) electrons. The van der Waals surface area contributed by atoms with Gasteiger partial charge in [0.15, 0.2) is 0 Å². The van der Waals surface area contributed by atoms with Crippen molar-refractivity contribution >= 4 is 5.97 Å². The van der Waals surface area contributed by atoms with Gasteiger partial charge in [0.2, 0.25) is 0 Å². The van der Waals surface area contributed by atoms with Crippen LogP contribution in [0.3, 0.4) is 0 Å². The first kappa shape index (κ1) is 13.1. The fourth-order valence-electron chi connectivity index (χ4n) is 1.89. The van der Waals surface area contributed by atoms with Crippen molar-refractivity contribution in [2.45, 2.75) is 20.5 Å². The Hall–Kier alpha value is -2.30. The van der Waals surface area contributed by atoms with Crippen LogP contribution < -0.4 is 4.74 Å². The number of carboxylic acid groups (broad SMARTS) is 1. The summed E-state index contributed by atoms with van der Waals surface area (Å²) < 4.78 is 7.32. The molecule has 0 spiro atoms. The van der Waals surface area contributed by atoms with Crippen molar-refractivity contribution in [2.24, 2.45) is 7.05 Å². The van der Waals surface area contributed by atoms with Crippen molar-refractivity contribution < 1.29 is 14.6 Å². The van der Waals surface area contributed by atoms with Crippen LogP contribution >= 0.6 is 0 Å². The van der Waals surface area contributed by atoms with E-state index in [0.29, 0.717) is 12.4 Å². The Morgan fingerprint density at radius 3 is 2.68 bits per heavy atom. The molecule has 2 rings (SSSR count). The zero-order valence-corrected chi connectivity index (χ0v) is 11.2. The van der Waals surface area contributed by atoms with Crippen molar-refractivity contribution in [1.29, 1.82) is 0 Å². The number of ether oxygens (including phenoxy) is 1. The lowest BCUT2D eigenvalue weighted by molar-refractivity contribution is 0.0691. The number of aryl methyl sites for hydroxylation is 3. The van der Waals surface area contributed by atoms with Gasteiger partial charge in [-0.1, -0.05) is 11.6 Å². The number of nitrogens with zero attached hydrogens (tertiary/aromatic N) is 2. The van der Waals surface area contributed by atoms with Gasteiger partial charge in [0.25, 0.3) is 0 Å². The van der Waals surface area contributed by atoms with Gasteiger partial charge in [-0.05, 0) is 32.0 Å². The van der Waals surface area contributed by atoms with Crippen LogP contribution in [0.4, 0.5) is 0 Å². The minimum atomic E-state index is -0.986. The quantitative estimate of drug-likeness (QED) is 0.916. The maximum atomic E-state index is 11.2. The number of aromatic carboxylic acids is 1. The van der Waals surface area contributed by atoms with Gasteiger partial charge in [-0.3, -0.25) is 4.68 Å². The maximum Gasteiger partial charge on any atom is 0.339 e. The highest BCUT2D eigenvalue weighted by Crippen LogP contribution is 2.21. The summed E-state index contributed by atoms with van der Waals surface area (Å²) in [6.45, 7) is 4.04. The lowest BCUT2D eigenvalue weighted by atomic mass is 10.1. The van der Waals surface area contributed by atoms with Gasteiger partial charge in [0, 0.05) is 7.05 Å². The number of rotatable bonds is 4. The van der Waals surface area contributed by atoms with Crippen LogP contribution in [0.2, 0.25) is 0 Å². The summed E-state index contributed by atoms with van der Waals surface area (Å²) in [6, 6.07) is 7.03. The summed E-state index contributed by atoms with van der Waals surface area (Å²) in [7, 11) is 1.83. The normalized spacial score (nSPS) is 10.5. The van der Waals surface area contributed by atoms with Gasteiger partial charge >= 0.3 is 5.97 Å². The van der Waals surface area contributed by atoms with Crippen LogP contribution in [-0.2, 0) is 13.7 Å². The molecular weight excluding hydrogens is 244 g/mol. The van der Waals surface area contributed by atoms with Crippen LogP contribution in [0.25, 0.3) is 0 Å². The summed E-state index contributed by atoms with van der Waals surface area (Å²) in [5.41, 5.74) is 2.87. The second-order valence-electron chi connectivity index (χ2n) is 4.49. The minimum Gasteiger partial charge on any atom is -0.486 e. The molecule has 0 fully saturated rings. The Morgan fingerprint density at radius 1 is 1.37 bits per heavy atom. The van der Waals surface area contributed by atoms with Gasteiger partial charge in [0.05, 0.1) is 11.4 Å². The predicted octanol–water partition coefficient (Wildman–Crippen LogP) is 2.31. The predicted molar refractivity (Wildman–Crippen MR) is 70.4 cm³/mol. The standard InChI is InChI=1S/C14H16N2O3/c1-9-4-5-13(12(6-9)14(17)18)19-8-11-7-10(2)15-16(11)3/h4-7H,8H2,1-3H3,(H,17,18). The van der Waals surface area contributed by atoms with E-state index >= 15 is 0 Å². The molecule has 5 nitrogen and oxygen atoms in total. The van der Waals surface area contributed by atoms with E-state index in [1.807, 2.05) is 33.0 Å². The van der Waals surface area contributed by atoms with E-state index in [0.717, 1.165) is 17.0 Å². The fraction of sp³-hybridized carbons (Fsp3) is 0.286. The summed E-state index contributed by atoms with van der Waals surface area (Å²) in [5, 5.41) is 13.4. The Balaban J connectivity index is 2.20. The number of carboxylic acids is 1. The second-order valence-corrected chi connectivity index (χ2v) is 4.49. The van der Waals surface area contributed by atoms with Crippen molar-refractivity contribution in [3.05, 3.63) is 46.8 Å². The van der Waals surface area contributed by atoms with Gasteiger partial charge in [-0.15, -0.1) is 0 Å². The summed E-state index contributed by atoms with van der Waals surface area (Å²) in [4.78, 5) is 11.2. The second kappa shape index (κ2) is 5.14. The molecule has 0 aliphatic heterocycles. The molecule has 5 heteroatoms. The third-order valence-electron chi connectivity index (χ3n) is 2.84. The van der Waals surface area contributed by atoms with E-state index in [-0.39, 0.29) is 5.56 Å². The van der Waals surface area contributed by atoms with E-state index in [4.69, 9.17) is 9.84 Å². The van der Waals surface area contributed by atoms with Crippen LogP contribution in [-0.4, -0.2) is 20.9 Å². The van der Waals surface area contributed by atoms with E-state index < -0.39 is 5.97 Å². The van der Waals surface area contributed by atoms with Crippen LogP contribution in [0.5, 0.6) is 5.75 Å². The average molecular weight is 260 g/mol. The Morgan fingerprint density at radius 2 is 2.11 bits per heavy atom. The minimum absolute atomic E-state index is 0.180. The molecule has 19 heavy (non-hydrogen) atoms. The summed E-state index contributed by atoms with van der Waals surface area (Å²) >= 11 is 0. The number of carbonyl (C=O) groups is 1. The molecule has 2 aromatic rings. The number of benzene rings is 1. The SMILES string of the molecule is Cc1ccc(OCc2cc(C)nn2C)c(C(=O)O)c1. The van der Waals surface area contributed by atoms with Crippen molar-refractivity contribution in [1.82, 2.24) is 9.78 Å². The molecule has 0 saturated carbocycles. The zero-order valence-electron chi connectivity index (χ0n) is 11.2.